The number of fused-ring (bicyclic) bond motifs is 1. The van der Waals surface area contributed by atoms with Crippen LogP contribution in [0.5, 0.6) is 0 Å². The number of ether oxygens (including phenoxy) is 1. The van der Waals surface area contributed by atoms with Gasteiger partial charge in [0.2, 0.25) is 0 Å². The van der Waals surface area contributed by atoms with Crippen LogP contribution in [0.25, 0.3) is 5.65 Å². The summed E-state index contributed by atoms with van der Waals surface area (Å²) < 4.78 is 34.4. The molecule has 1 unspecified atom stereocenters. The molecule has 1 aliphatic heterocycles. The van der Waals surface area contributed by atoms with Gasteiger partial charge in [-0.1, -0.05) is 0 Å². The third-order valence-corrected chi connectivity index (χ3v) is 5.04. The summed E-state index contributed by atoms with van der Waals surface area (Å²) in [5, 5.41) is 19.1. The molecule has 30 heavy (non-hydrogen) atoms. The summed E-state index contributed by atoms with van der Waals surface area (Å²) in [6.45, 7) is 1.55. The van der Waals surface area contributed by atoms with Gasteiger partial charge < -0.3 is 15.0 Å². The van der Waals surface area contributed by atoms with Crippen molar-refractivity contribution in [3.05, 3.63) is 35.9 Å². The lowest BCUT2D eigenvalue weighted by molar-refractivity contribution is 0.0436. The number of aromatic nitrogens is 5. The van der Waals surface area contributed by atoms with Crippen LogP contribution in [0.2, 0.25) is 0 Å². The van der Waals surface area contributed by atoms with Crippen LogP contribution in [0.4, 0.5) is 20.3 Å². The van der Waals surface area contributed by atoms with E-state index in [1.807, 2.05) is 4.90 Å². The third-order valence-electron chi connectivity index (χ3n) is 4.55. The maximum Gasteiger partial charge on any atom is 0.284 e. The standard InChI is InChI=1S/C17H15F2IN8O2/c18-15(19)14-12(9-28(20)25-14)23-17(29)11-7-22-27-4-2-13(24-16(11)27)26-5-6-30-10(8-26)1-3-21/h2,4,7,9-10,15H,1,5-6,8H2,(H,23,29). The first kappa shape index (κ1) is 20.4. The number of hydrogen-bond donors (Lipinski definition) is 1. The van der Waals surface area contributed by atoms with E-state index < -0.39 is 18.0 Å². The lowest BCUT2D eigenvalue weighted by atomic mass is 10.2. The Morgan fingerprint density at radius 1 is 1.50 bits per heavy atom. The highest BCUT2D eigenvalue weighted by molar-refractivity contribution is 14.1. The fourth-order valence-corrected chi connectivity index (χ4v) is 3.66. The predicted molar refractivity (Wildman–Crippen MR) is 110 cm³/mol. The molecule has 10 nitrogen and oxygen atoms in total. The number of halogens is 3. The second-order valence-corrected chi connectivity index (χ2v) is 7.47. The topological polar surface area (TPSA) is 113 Å². The van der Waals surface area contributed by atoms with Crippen LogP contribution in [0.3, 0.4) is 0 Å². The fraction of sp³-hybridized carbons (Fsp3) is 0.353. The number of rotatable bonds is 5. The Morgan fingerprint density at radius 3 is 3.10 bits per heavy atom. The number of morpholine rings is 1. The maximum absolute atomic E-state index is 13.1. The highest BCUT2D eigenvalue weighted by Crippen LogP contribution is 2.27. The van der Waals surface area contributed by atoms with Crippen molar-refractivity contribution in [1.29, 1.82) is 5.26 Å². The molecule has 4 rings (SSSR count). The molecule has 1 saturated heterocycles. The van der Waals surface area contributed by atoms with Gasteiger partial charge in [-0.05, 0) is 6.07 Å². The van der Waals surface area contributed by atoms with Gasteiger partial charge in [0.15, 0.2) is 11.3 Å². The molecule has 3 aromatic heterocycles. The van der Waals surface area contributed by atoms with E-state index in [2.05, 4.69) is 26.6 Å². The first-order chi connectivity index (χ1) is 14.5. The summed E-state index contributed by atoms with van der Waals surface area (Å²) >= 11 is 1.73. The number of carbonyl (C=O) groups is 1. The van der Waals surface area contributed by atoms with Crippen LogP contribution in [-0.2, 0) is 4.74 Å². The molecule has 1 amide bonds. The fourth-order valence-electron chi connectivity index (χ4n) is 3.15. The zero-order valence-electron chi connectivity index (χ0n) is 15.4. The van der Waals surface area contributed by atoms with Crippen LogP contribution in [-0.4, -0.2) is 54.3 Å². The summed E-state index contributed by atoms with van der Waals surface area (Å²) in [5.41, 5.74) is -0.166. The van der Waals surface area contributed by atoms with Crippen molar-refractivity contribution in [3.8, 4) is 6.07 Å². The maximum atomic E-state index is 13.1. The summed E-state index contributed by atoms with van der Waals surface area (Å²) in [5.74, 6) is -0.0121. The van der Waals surface area contributed by atoms with Gasteiger partial charge in [0, 0.05) is 19.3 Å². The Hall–Kier alpha value is -2.86. The van der Waals surface area contributed by atoms with Gasteiger partial charge in [-0.2, -0.15) is 15.5 Å². The number of amides is 1. The molecule has 0 aliphatic carbocycles. The van der Waals surface area contributed by atoms with Crippen molar-refractivity contribution < 1.29 is 18.3 Å². The van der Waals surface area contributed by atoms with E-state index in [-0.39, 0.29) is 29.4 Å². The largest absolute Gasteiger partial charge is 0.373 e. The van der Waals surface area contributed by atoms with E-state index >= 15 is 0 Å². The molecule has 1 N–H and O–H groups in total. The SMILES string of the molecule is N#CCC1CN(c2ccn3ncc(C(=O)Nc4cn(I)nc4C(F)F)c3n2)CCO1. The van der Waals surface area contributed by atoms with Gasteiger partial charge in [0.1, 0.15) is 11.4 Å². The van der Waals surface area contributed by atoms with E-state index in [0.717, 1.165) is 0 Å². The van der Waals surface area contributed by atoms with Crippen LogP contribution in [0.1, 0.15) is 28.9 Å². The van der Waals surface area contributed by atoms with E-state index in [1.54, 1.807) is 35.1 Å². The second kappa shape index (κ2) is 8.48. The van der Waals surface area contributed by atoms with Crippen molar-refractivity contribution in [2.75, 3.05) is 29.9 Å². The minimum absolute atomic E-state index is 0.0765. The van der Waals surface area contributed by atoms with Crippen molar-refractivity contribution >= 4 is 45.9 Å². The third kappa shape index (κ3) is 4.05. The van der Waals surface area contributed by atoms with Crippen LogP contribution < -0.4 is 10.2 Å². The number of alkyl halides is 2. The number of carbonyl (C=O) groups excluding carboxylic acids is 1. The van der Waals surface area contributed by atoms with E-state index in [9.17, 15) is 13.6 Å². The van der Waals surface area contributed by atoms with E-state index in [0.29, 0.717) is 25.5 Å². The molecule has 156 valence electrons. The Kier molecular flexibility index (Phi) is 5.77. The van der Waals surface area contributed by atoms with Gasteiger partial charge in [0.25, 0.3) is 12.3 Å². The molecular formula is C17H15F2IN8O2. The lowest BCUT2D eigenvalue weighted by Crippen LogP contribution is -2.42. The first-order valence-electron chi connectivity index (χ1n) is 8.89. The van der Waals surface area contributed by atoms with Crippen molar-refractivity contribution in [2.24, 2.45) is 0 Å². The number of nitrogens with zero attached hydrogens (tertiary/aromatic N) is 7. The molecule has 1 aliphatic rings. The number of hydrogen-bond acceptors (Lipinski definition) is 7. The van der Waals surface area contributed by atoms with Crippen LogP contribution in [0, 0.1) is 11.3 Å². The highest BCUT2D eigenvalue weighted by atomic mass is 127. The van der Waals surface area contributed by atoms with E-state index in [1.165, 1.54) is 19.8 Å². The van der Waals surface area contributed by atoms with Gasteiger partial charge >= 0.3 is 0 Å². The number of nitriles is 1. The summed E-state index contributed by atoms with van der Waals surface area (Å²) in [6.07, 6.45) is 1.52. The van der Waals surface area contributed by atoms with Crippen molar-refractivity contribution in [2.45, 2.75) is 19.0 Å². The normalized spacial score (nSPS) is 16.8. The average molecular weight is 528 g/mol. The molecule has 13 heteroatoms. The minimum atomic E-state index is -2.83. The van der Waals surface area contributed by atoms with Crippen molar-refractivity contribution in [3.63, 3.8) is 0 Å². The molecule has 0 spiro atoms. The zero-order valence-corrected chi connectivity index (χ0v) is 17.5. The molecule has 1 fully saturated rings. The molecule has 0 saturated carbocycles. The van der Waals surface area contributed by atoms with Crippen LogP contribution >= 0.6 is 22.9 Å². The predicted octanol–water partition coefficient (Wildman–Crippen LogP) is 2.43. The first-order valence-corrected chi connectivity index (χ1v) is 9.86. The quantitative estimate of drug-likeness (QED) is 0.507. The highest BCUT2D eigenvalue weighted by Gasteiger charge is 2.24. The molecule has 0 radical (unpaired) electrons. The Balaban J connectivity index is 1.60. The smallest absolute Gasteiger partial charge is 0.284 e. The summed E-state index contributed by atoms with van der Waals surface area (Å²) in [7, 11) is 0. The lowest BCUT2D eigenvalue weighted by Gasteiger charge is -2.32. The van der Waals surface area contributed by atoms with Gasteiger partial charge in [-0.15, -0.1) is 0 Å². The monoisotopic (exact) mass is 528 g/mol. The average Bonchev–Trinajstić information content (AvgIpc) is 3.31. The zero-order chi connectivity index (χ0) is 21.3. The number of nitrogens with one attached hydrogen (secondary N) is 1. The van der Waals surface area contributed by atoms with Gasteiger partial charge in [0.05, 0.1) is 66.1 Å². The Morgan fingerprint density at radius 2 is 2.33 bits per heavy atom. The molecule has 1 atom stereocenters. The summed E-state index contributed by atoms with van der Waals surface area (Å²) in [6, 6.07) is 3.85. The van der Waals surface area contributed by atoms with Gasteiger partial charge in [-0.3, -0.25) is 4.79 Å². The Bertz CT molecular complexity index is 1120. The summed E-state index contributed by atoms with van der Waals surface area (Å²) in [4.78, 5) is 19.2. The molecule has 0 bridgehead atoms. The van der Waals surface area contributed by atoms with Crippen molar-refractivity contribution in [1.82, 2.24) is 22.6 Å². The van der Waals surface area contributed by atoms with Crippen LogP contribution in [0.15, 0.2) is 24.7 Å². The second-order valence-electron chi connectivity index (χ2n) is 6.48. The number of anilines is 2. The van der Waals surface area contributed by atoms with Gasteiger partial charge in [-0.25, -0.2) is 21.2 Å². The molecule has 0 aromatic carbocycles. The molecular weight excluding hydrogens is 513 g/mol. The Labute approximate surface area is 182 Å². The van der Waals surface area contributed by atoms with E-state index in [4.69, 9.17) is 10.00 Å². The molecule has 4 heterocycles. The minimum Gasteiger partial charge on any atom is -0.373 e. The molecule has 3 aromatic rings.